The molecule has 0 aliphatic carbocycles. The lowest BCUT2D eigenvalue weighted by Gasteiger charge is -2.40. The highest BCUT2D eigenvalue weighted by Crippen LogP contribution is 2.32. The second kappa shape index (κ2) is 34.2. The quantitative estimate of drug-likeness (QED) is 0.0407. The molecule has 1 aromatic heterocycles. The van der Waals surface area contributed by atoms with Gasteiger partial charge in [0.15, 0.2) is 6.29 Å². The van der Waals surface area contributed by atoms with E-state index in [-0.39, 0.29) is 99.2 Å². The second-order valence-electron chi connectivity index (χ2n) is 20.4. The van der Waals surface area contributed by atoms with Crippen LogP contribution in [0.1, 0.15) is 160 Å². The molecule has 4 N–H and O–H groups in total. The summed E-state index contributed by atoms with van der Waals surface area (Å²) in [7, 11) is 3.35. The molecule has 0 bridgehead atoms. The van der Waals surface area contributed by atoms with Gasteiger partial charge in [-0.05, 0) is 102 Å². The van der Waals surface area contributed by atoms with E-state index in [1.165, 1.54) is 30.6 Å². The first-order valence-electron chi connectivity index (χ1n) is 27.1. The molecule has 1 aliphatic rings. The molecule has 0 spiro atoms. The number of likely N-dealkylation sites (N-methyl/N-ethyl adjacent to an activating group) is 1. The number of aliphatic hydroxyl groups excluding tert-OH is 1. The number of nitrogens with one attached hydrogen (secondary N) is 3. The minimum Gasteiger partial charge on any atom is -0.461 e. The van der Waals surface area contributed by atoms with Crippen LogP contribution in [0.15, 0.2) is 29.6 Å². The number of amides is 4. The smallest absolute Gasteiger partial charge is 0.309 e. The molecule has 424 valence electrons. The molecule has 10 atom stereocenters. The topological polar surface area (TPSA) is 224 Å². The van der Waals surface area contributed by atoms with E-state index in [4.69, 9.17) is 33.8 Å². The Labute approximate surface area is 449 Å². The third kappa shape index (κ3) is 22.5. The monoisotopic (exact) mass is 1080 g/mol. The fourth-order valence-corrected chi connectivity index (χ4v) is 9.75. The SMILES string of the molecule is CCCO[C@H](C[C@H](C(C)C)N(CCC)C(=O)[C@@H](NC(=O)[C@H]1CCCCN1C)[C@@H](C)CC)c1nc(C(=O)N[C@@H](Cc2ccc(F)cc2)C[C@H](C)C(=O)OC(C)CNC(=O)CCCC(=O)OCC(OC)OC(C)CO)cs1. The molecule has 1 aliphatic heterocycles. The van der Waals surface area contributed by atoms with Crippen LogP contribution in [0.4, 0.5) is 4.39 Å². The number of rotatable bonds is 35. The molecular formula is C55H89FN6O12S. The summed E-state index contributed by atoms with van der Waals surface area (Å²) in [6.45, 7) is 18.6. The molecular weight excluding hydrogens is 988 g/mol. The van der Waals surface area contributed by atoms with Crippen LogP contribution in [0.3, 0.4) is 0 Å². The molecule has 0 saturated carbocycles. The van der Waals surface area contributed by atoms with Crippen LogP contribution in [0.25, 0.3) is 0 Å². The van der Waals surface area contributed by atoms with E-state index in [2.05, 4.69) is 34.7 Å². The molecule has 2 aromatic rings. The van der Waals surface area contributed by atoms with Gasteiger partial charge in [-0.1, -0.05) is 73.4 Å². The normalized spacial score (nSPS) is 17.6. The van der Waals surface area contributed by atoms with Gasteiger partial charge in [0.2, 0.25) is 17.7 Å². The van der Waals surface area contributed by atoms with Crippen molar-refractivity contribution in [2.75, 3.05) is 53.6 Å². The molecule has 75 heavy (non-hydrogen) atoms. The number of carbonyl (C=O) groups is 6. The van der Waals surface area contributed by atoms with Gasteiger partial charge in [-0.3, -0.25) is 33.7 Å². The summed E-state index contributed by atoms with van der Waals surface area (Å²) in [5.41, 5.74) is 0.899. The third-order valence-electron chi connectivity index (χ3n) is 13.5. The molecule has 3 unspecified atom stereocenters. The van der Waals surface area contributed by atoms with Crippen molar-refractivity contribution in [2.24, 2.45) is 17.8 Å². The standard InChI is InChI=1S/C55H89FN6O12S/c1-12-25-62(54(68)50(36(6)14-3)60-52(67)44-18-15-16-26-61(44)10)45(35(4)5)30-46(71-27-13-2)53-59-43(34-75-53)51(66)58-42(29-40-21-23-41(56)24-22-40)28-37(7)55(69)74-38(8)31-57-47(64)19-17-20-48(65)72-33-49(70-11)73-39(9)32-63/h21-24,34-39,42,44-46,49-50,63H,12-20,25-33H2,1-11H3,(H,57,64)(H,58,66)(H,60,67)/t36-,37-,38?,39?,42+,44+,45+,46+,49?,50-/m0/s1. The van der Waals surface area contributed by atoms with Crippen LogP contribution in [-0.2, 0) is 54.1 Å². The number of ether oxygens (including phenoxy) is 5. The molecule has 18 nitrogen and oxygen atoms in total. The van der Waals surface area contributed by atoms with E-state index in [0.29, 0.717) is 37.4 Å². The van der Waals surface area contributed by atoms with Gasteiger partial charge in [0.1, 0.15) is 41.4 Å². The van der Waals surface area contributed by atoms with Crippen LogP contribution in [0.2, 0.25) is 0 Å². The first-order valence-corrected chi connectivity index (χ1v) is 28.0. The molecule has 1 aromatic carbocycles. The van der Waals surface area contributed by atoms with Gasteiger partial charge in [0.05, 0.1) is 31.2 Å². The van der Waals surface area contributed by atoms with Crippen LogP contribution in [0.5, 0.6) is 0 Å². The van der Waals surface area contributed by atoms with Gasteiger partial charge in [-0.15, -0.1) is 11.3 Å². The van der Waals surface area contributed by atoms with Crippen LogP contribution in [-0.4, -0.2) is 152 Å². The van der Waals surface area contributed by atoms with Gasteiger partial charge in [0.25, 0.3) is 5.91 Å². The maximum Gasteiger partial charge on any atom is 0.309 e. The van der Waals surface area contributed by atoms with Crippen LogP contribution in [0, 0.1) is 23.6 Å². The zero-order chi connectivity index (χ0) is 55.6. The summed E-state index contributed by atoms with van der Waals surface area (Å²) in [6, 6.07) is 4.06. The molecule has 1 saturated heterocycles. The Morgan fingerprint density at radius 3 is 2.29 bits per heavy atom. The van der Waals surface area contributed by atoms with Crippen molar-refractivity contribution in [2.45, 2.75) is 188 Å². The van der Waals surface area contributed by atoms with Crippen molar-refractivity contribution in [3.63, 3.8) is 0 Å². The number of methoxy groups -OCH3 is 1. The zero-order valence-corrected chi connectivity index (χ0v) is 47.3. The Morgan fingerprint density at radius 2 is 1.67 bits per heavy atom. The van der Waals surface area contributed by atoms with E-state index >= 15 is 0 Å². The number of benzene rings is 1. The van der Waals surface area contributed by atoms with Crippen LogP contribution >= 0.6 is 11.3 Å². The number of carbonyl (C=O) groups excluding carboxylic acids is 6. The summed E-state index contributed by atoms with van der Waals surface area (Å²) in [5, 5.41) is 20.4. The number of likely N-dealkylation sites (tertiary alicyclic amines) is 1. The van der Waals surface area contributed by atoms with Crippen molar-refractivity contribution in [3.05, 3.63) is 51.7 Å². The highest BCUT2D eigenvalue weighted by molar-refractivity contribution is 7.09. The van der Waals surface area contributed by atoms with Gasteiger partial charge >= 0.3 is 11.9 Å². The third-order valence-corrected chi connectivity index (χ3v) is 14.5. The number of esters is 2. The Bertz CT molecular complexity index is 2050. The number of nitrogens with zero attached hydrogens (tertiary/aromatic N) is 3. The first kappa shape index (κ1) is 64.7. The highest BCUT2D eigenvalue weighted by atomic mass is 32.1. The number of hydrogen-bond acceptors (Lipinski definition) is 15. The molecule has 3 rings (SSSR count). The van der Waals surface area contributed by atoms with E-state index in [1.54, 1.807) is 38.3 Å². The number of piperidine rings is 1. The van der Waals surface area contributed by atoms with Gasteiger partial charge in [0, 0.05) is 57.0 Å². The average Bonchev–Trinajstić information content (AvgIpc) is 3.89. The molecule has 4 amide bonds. The lowest BCUT2D eigenvalue weighted by atomic mass is 9.92. The highest BCUT2D eigenvalue weighted by Gasteiger charge is 2.38. The Hall–Kier alpha value is -4.60. The molecule has 20 heteroatoms. The van der Waals surface area contributed by atoms with Crippen molar-refractivity contribution in [1.29, 1.82) is 0 Å². The Morgan fingerprint density at radius 1 is 0.947 bits per heavy atom. The number of aliphatic hydroxyl groups is 1. The van der Waals surface area contributed by atoms with E-state index in [1.807, 2.05) is 39.6 Å². The first-order chi connectivity index (χ1) is 35.7. The van der Waals surface area contributed by atoms with Gasteiger partial charge in [-0.2, -0.15) is 0 Å². The van der Waals surface area contributed by atoms with Gasteiger partial charge in [-0.25, -0.2) is 9.37 Å². The van der Waals surface area contributed by atoms with Crippen molar-refractivity contribution in [1.82, 2.24) is 30.7 Å². The maximum absolute atomic E-state index is 14.8. The average molecular weight is 1080 g/mol. The zero-order valence-electron chi connectivity index (χ0n) is 46.5. The Balaban J connectivity index is 1.70. The van der Waals surface area contributed by atoms with Gasteiger partial charge < -0.3 is 49.6 Å². The number of thiazole rings is 1. The van der Waals surface area contributed by atoms with E-state index < -0.39 is 66.3 Å². The predicted octanol–water partition coefficient (Wildman–Crippen LogP) is 6.92. The minimum absolute atomic E-state index is 0.0107. The summed E-state index contributed by atoms with van der Waals surface area (Å²) < 4.78 is 41.8. The van der Waals surface area contributed by atoms with Crippen molar-refractivity contribution >= 4 is 46.9 Å². The fraction of sp³-hybridized carbons (Fsp3) is 0.727. The van der Waals surface area contributed by atoms with Crippen molar-refractivity contribution < 1.29 is 61.9 Å². The minimum atomic E-state index is -0.836. The Kier molecular flexibility index (Phi) is 29.5. The summed E-state index contributed by atoms with van der Waals surface area (Å²) >= 11 is 1.30. The fourth-order valence-electron chi connectivity index (χ4n) is 8.89. The second-order valence-corrected chi connectivity index (χ2v) is 21.3. The molecule has 0 radical (unpaired) electrons. The number of aromatic nitrogens is 1. The summed E-state index contributed by atoms with van der Waals surface area (Å²) in [6.07, 6.45) is 3.42. The summed E-state index contributed by atoms with van der Waals surface area (Å²) in [4.78, 5) is 89.7. The lowest BCUT2D eigenvalue weighted by Crippen LogP contribution is -2.58. The van der Waals surface area contributed by atoms with E-state index in [9.17, 15) is 33.2 Å². The number of hydrogen-bond donors (Lipinski definition) is 4. The lowest BCUT2D eigenvalue weighted by molar-refractivity contribution is -0.191. The largest absolute Gasteiger partial charge is 0.461 e. The van der Waals surface area contributed by atoms with Crippen molar-refractivity contribution in [3.8, 4) is 0 Å². The maximum atomic E-state index is 14.8. The molecule has 2 heterocycles. The van der Waals surface area contributed by atoms with Crippen LogP contribution < -0.4 is 16.0 Å². The predicted molar refractivity (Wildman–Crippen MR) is 285 cm³/mol. The number of halogens is 1. The summed E-state index contributed by atoms with van der Waals surface area (Å²) in [5.74, 6) is -3.31. The van der Waals surface area contributed by atoms with E-state index in [0.717, 1.165) is 37.8 Å². The molecule has 1 fully saturated rings.